The van der Waals surface area contributed by atoms with Gasteiger partial charge in [0, 0.05) is 94.4 Å². The number of fused-ring (bicyclic) bond motifs is 26. The first kappa shape index (κ1) is 53.8. The molecule has 0 amide bonds. The molecule has 0 radical (unpaired) electrons. The summed E-state index contributed by atoms with van der Waals surface area (Å²) >= 11 is 0. The Morgan fingerprint density at radius 2 is 0.611 bits per heavy atom. The predicted molar refractivity (Wildman–Crippen MR) is 537 cm³/mol. The molecule has 3 aliphatic heterocycles. The topological polar surface area (TPSA) is 21.3 Å². The molecule has 0 atom stereocenters. The van der Waals surface area contributed by atoms with Crippen molar-refractivity contribution in [1.82, 2.24) is 13.7 Å². The van der Waals surface area contributed by atoms with E-state index in [-0.39, 0.29) is 55.0 Å². The molecule has 6 heterocycles. The first-order chi connectivity index (χ1) is 71.4. The van der Waals surface area contributed by atoms with E-state index in [1.54, 1.807) is 12.1 Å². The van der Waals surface area contributed by atoms with E-state index in [4.69, 9.17) is 8.22 Å². The van der Waals surface area contributed by atoms with Gasteiger partial charge in [0.2, 0.25) is 0 Å². The Balaban J connectivity index is 0.925. The summed E-state index contributed by atoms with van der Waals surface area (Å²) in [6, 6.07) is 69.0. The van der Waals surface area contributed by atoms with Gasteiger partial charge in [-0.3, -0.25) is 0 Å². The number of anilines is 6. The first-order valence-electron chi connectivity index (χ1n) is 54.5. The lowest BCUT2D eigenvalue weighted by Gasteiger charge is -2.47. The number of nitrogens with zero attached hydrogens (tertiary/aromatic N) is 5. The summed E-state index contributed by atoms with van der Waals surface area (Å²) in [6.45, 7) is 18.6. The number of hydrogen-bond acceptors (Lipinski definition) is 2. The van der Waals surface area contributed by atoms with E-state index in [1.165, 1.54) is 9.13 Å². The maximum absolute atomic E-state index is 10.8. The van der Waals surface area contributed by atoms with Crippen LogP contribution >= 0.6 is 0 Å². The molecular formula is C120H92BN5. The minimum Gasteiger partial charge on any atom is -0.310 e. The second kappa shape index (κ2) is 28.3. The lowest BCUT2D eigenvalue weighted by Crippen LogP contribution is -2.61. The van der Waals surface area contributed by atoms with Gasteiger partial charge in [-0.25, -0.2) is 0 Å². The number of rotatable bonds is 7. The zero-order valence-corrected chi connectivity index (χ0v) is 70.5. The van der Waals surface area contributed by atoms with E-state index in [0.717, 1.165) is 116 Å². The standard InChI is InChI=1S/C120H92BN5/c1-118(2,3)87-67-96(77-35-19-12-20-36-77)116-98(69-87)85-41-29-39-79(61-85)82-51-59-108-101(64-82)102-65-83(52-60-109(102)122(108)90-43-23-14-24-44-90)80-40-30-42-86(62-80)99-70-88(119(4,5)6)68-97(78-37-21-13-22-38-78)117(99)126-112-74-92(124-105-47-27-25-45-93(105)95-55-49-84(66-110(95)124)76-33-17-11-18-34-76)54-57-104(112)121-103-56-53-91(73-111(103)125(116)113-71-89(120(7,8)9)72-114(126)115(113)121)123-106-48-28-26-46-94(106)100-63-81(50-58-107(100)123)75-31-15-10-16-32-75/h10-74H,1-9H3/i10D,11D,15D,16D,17D,18D,25D,26D,27D,28D,31D,32D,33D,34D,45D,46D,47D,48D,49D,50D,55D,58D,63D,66D. The van der Waals surface area contributed by atoms with Crippen molar-refractivity contribution in [3.05, 3.63) is 410 Å². The minimum absolute atomic E-state index is 0.145. The third-order valence-electron chi connectivity index (χ3n) is 25.6. The van der Waals surface area contributed by atoms with E-state index in [0.29, 0.717) is 45.0 Å². The SMILES string of the molecule is [2H]c1c([2H])c([2H])c(-c2c([2H])c([2H])c3c(c2[2H])c2c([2H])c([2H])c([2H])c([2H])c2n3-c2ccc3c(c2)N2c4cc(C(C)(C)C)cc5c4B3c3ccc(-n4c6c([2H])c([2H])c([2H])c([2H])c6c6c([2H])c([2H])c(-c7c([2H])c([2H])c([2H])c([2H])c7[2H])c([2H])c64)cc3N5c3c(-c4ccccc4)cc(C(C)(C)C)cc3-c3cccc(c3)-c3ccc4c(c3)c3cc(ccc3n4-c3ccccc3)-c3cccc(c3)-c3cc(C(C)(C)C)cc(-c4ccccc4)c32)c([2H])c1[2H]. The fraction of sp³-hybridized carbons (Fsp3) is 0.100. The third-order valence-corrected chi connectivity index (χ3v) is 25.6. The Labute approximate surface area is 770 Å². The van der Waals surface area contributed by atoms with Crippen LogP contribution in [0.15, 0.2) is 394 Å². The van der Waals surface area contributed by atoms with Crippen LogP contribution in [0.1, 0.15) is 112 Å². The normalized spacial score (nSPS) is 15.6. The van der Waals surface area contributed by atoms with Crippen molar-refractivity contribution in [2.45, 2.75) is 78.6 Å². The van der Waals surface area contributed by atoms with Crippen molar-refractivity contribution in [3.63, 3.8) is 0 Å². The quantitative estimate of drug-likeness (QED) is 0.148. The van der Waals surface area contributed by atoms with Crippen LogP contribution in [0, 0.1) is 0 Å². The van der Waals surface area contributed by atoms with Crippen LogP contribution in [0.5, 0.6) is 0 Å². The minimum atomic E-state index is -0.969. The molecule has 0 fully saturated rings. The van der Waals surface area contributed by atoms with Crippen molar-refractivity contribution >= 4 is 123 Å². The van der Waals surface area contributed by atoms with Gasteiger partial charge in [0.05, 0.1) is 77.4 Å². The van der Waals surface area contributed by atoms with Crippen molar-refractivity contribution < 1.29 is 32.9 Å². The van der Waals surface area contributed by atoms with Gasteiger partial charge in [0.25, 0.3) is 6.71 Å². The molecule has 0 saturated heterocycles. The summed E-state index contributed by atoms with van der Waals surface area (Å²) in [6.07, 6.45) is 0. The average molecular weight is 1640 g/mol. The molecule has 600 valence electrons. The van der Waals surface area contributed by atoms with E-state index >= 15 is 0 Å². The molecule has 0 aliphatic carbocycles. The summed E-state index contributed by atoms with van der Waals surface area (Å²) < 4.78 is 237. The molecule has 21 aromatic rings. The van der Waals surface area contributed by atoms with E-state index < -0.39 is 190 Å². The van der Waals surface area contributed by atoms with Crippen LogP contribution in [0.4, 0.5) is 34.1 Å². The number of benzene rings is 18. The molecule has 0 N–H and O–H groups in total. The van der Waals surface area contributed by atoms with Gasteiger partial charge in [0.15, 0.2) is 0 Å². The Kier molecular flexibility index (Phi) is 12.1. The largest absolute Gasteiger partial charge is 0.310 e. The van der Waals surface area contributed by atoms with E-state index in [2.05, 4.69) is 234 Å². The van der Waals surface area contributed by atoms with Gasteiger partial charge in [-0.1, -0.05) is 317 Å². The van der Waals surface area contributed by atoms with Gasteiger partial charge >= 0.3 is 0 Å². The summed E-state index contributed by atoms with van der Waals surface area (Å²) in [5, 5.41) is 0.962. The number of hydrogen-bond donors (Lipinski definition) is 0. The molecule has 0 unspecified atom stereocenters. The van der Waals surface area contributed by atoms with Crippen molar-refractivity contribution in [2.75, 3.05) is 9.80 Å². The first-order valence-corrected chi connectivity index (χ1v) is 42.5. The van der Waals surface area contributed by atoms with Gasteiger partial charge in [-0.15, -0.1) is 0 Å². The van der Waals surface area contributed by atoms with Gasteiger partial charge in [-0.05, 0) is 255 Å². The van der Waals surface area contributed by atoms with Gasteiger partial charge < -0.3 is 23.5 Å². The van der Waals surface area contributed by atoms with Gasteiger partial charge in [-0.2, -0.15) is 0 Å². The molecule has 0 saturated carbocycles. The maximum atomic E-state index is 10.8. The van der Waals surface area contributed by atoms with Crippen LogP contribution in [0.3, 0.4) is 0 Å². The smallest absolute Gasteiger partial charge is 0.252 e. The molecular weight excluding hydrogens is 1520 g/mol. The van der Waals surface area contributed by atoms with Crippen LogP contribution < -0.4 is 26.2 Å². The molecule has 5 nitrogen and oxygen atoms in total. The molecule has 6 heteroatoms. The van der Waals surface area contributed by atoms with Crippen molar-refractivity contribution in [3.8, 4) is 106 Å². The highest BCUT2D eigenvalue weighted by Gasteiger charge is 2.47. The monoisotopic (exact) mass is 1640 g/mol. The Hall–Kier alpha value is -15.0. The lowest BCUT2D eigenvalue weighted by molar-refractivity contribution is 0.590. The lowest BCUT2D eigenvalue weighted by atomic mass is 9.33. The highest BCUT2D eigenvalue weighted by Crippen LogP contribution is 2.57. The number of aromatic nitrogens is 3. The second-order valence-corrected chi connectivity index (χ2v) is 36.2. The average Bonchev–Trinajstić information content (AvgIpc) is 1.27. The highest BCUT2D eigenvalue weighted by molar-refractivity contribution is 7.00. The Morgan fingerprint density at radius 1 is 0.230 bits per heavy atom. The second-order valence-electron chi connectivity index (χ2n) is 36.2. The molecule has 24 rings (SSSR count). The Bertz CT molecular complexity index is 9430. The molecule has 13 bridgehead atoms. The fourth-order valence-electron chi connectivity index (χ4n) is 19.4. The Morgan fingerprint density at radius 3 is 1.10 bits per heavy atom. The van der Waals surface area contributed by atoms with Crippen LogP contribution in [0.25, 0.3) is 171 Å². The molecule has 18 aromatic carbocycles. The summed E-state index contributed by atoms with van der Waals surface area (Å²) in [5.74, 6) is 0. The molecule has 126 heavy (non-hydrogen) atoms. The zero-order valence-electron chi connectivity index (χ0n) is 94.5. The van der Waals surface area contributed by atoms with Crippen LogP contribution in [-0.2, 0) is 16.2 Å². The van der Waals surface area contributed by atoms with Crippen molar-refractivity contribution in [1.29, 1.82) is 0 Å². The molecule has 3 aromatic heterocycles. The van der Waals surface area contributed by atoms with E-state index in [1.807, 2.05) is 78.9 Å². The third kappa shape index (κ3) is 11.9. The predicted octanol–water partition coefficient (Wildman–Crippen LogP) is 30.6. The summed E-state index contributed by atoms with van der Waals surface area (Å²) in [7, 11) is 0. The zero-order chi connectivity index (χ0) is 106. The van der Waals surface area contributed by atoms with Gasteiger partial charge in [0.1, 0.15) is 0 Å². The summed E-state index contributed by atoms with van der Waals surface area (Å²) in [5.41, 5.74) is 16.1. The van der Waals surface area contributed by atoms with Crippen LogP contribution in [0.2, 0.25) is 0 Å². The number of para-hydroxylation sites is 3. The molecule has 0 spiro atoms. The maximum Gasteiger partial charge on any atom is 0.252 e. The highest BCUT2D eigenvalue weighted by atomic mass is 15.2. The fourth-order valence-corrected chi connectivity index (χ4v) is 19.4. The summed E-state index contributed by atoms with van der Waals surface area (Å²) in [4.78, 5) is 4.60. The van der Waals surface area contributed by atoms with Crippen molar-refractivity contribution in [2.24, 2.45) is 0 Å². The van der Waals surface area contributed by atoms with E-state index in [9.17, 15) is 24.7 Å². The molecule has 3 aliphatic rings. The van der Waals surface area contributed by atoms with Crippen LogP contribution in [-0.4, -0.2) is 20.4 Å².